The fraction of sp³-hybridized carbons (Fsp3) is 0.364. The molecule has 0 saturated heterocycles. The normalized spacial score (nSPS) is 11.9. The van der Waals surface area contributed by atoms with Crippen LogP contribution in [-0.4, -0.2) is 36.6 Å². The molecule has 1 amide bonds. The number of amides is 1. The predicted octanol–water partition coefficient (Wildman–Crippen LogP) is 4.89. The molecule has 2 aromatic carbocycles. The van der Waals surface area contributed by atoms with Gasteiger partial charge in [0, 0.05) is 25.0 Å². The molecule has 3 aromatic rings. The van der Waals surface area contributed by atoms with Crippen LogP contribution in [0.5, 0.6) is 5.75 Å². The number of nitrogens with zero attached hydrogens (tertiary/aromatic N) is 2. The lowest BCUT2D eigenvalue weighted by atomic mass is 10.3. The van der Waals surface area contributed by atoms with Gasteiger partial charge in [0.1, 0.15) is 11.6 Å². The van der Waals surface area contributed by atoms with E-state index in [-0.39, 0.29) is 11.7 Å². The topological polar surface area (TPSA) is 52.8 Å². The number of benzene rings is 2. The third-order valence-corrected chi connectivity index (χ3v) is 6.46. The van der Waals surface area contributed by atoms with Crippen LogP contribution in [0.15, 0.2) is 52.4 Å². The Balaban J connectivity index is 1.69. The van der Waals surface area contributed by atoms with E-state index in [1.807, 2.05) is 29.7 Å². The molecule has 30 heavy (non-hydrogen) atoms. The number of aromatic nitrogens is 1. The molecule has 0 aliphatic carbocycles. The maximum absolute atomic E-state index is 13.0. The fourth-order valence-corrected chi connectivity index (χ4v) is 4.86. The summed E-state index contributed by atoms with van der Waals surface area (Å²) in [5.74, 6) is 1.20. The molecular formula is C22H25FN2O3S2. The van der Waals surface area contributed by atoms with Crippen LogP contribution in [0.2, 0.25) is 0 Å². The maximum atomic E-state index is 13.0. The van der Waals surface area contributed by atoms with Crippen molar-refractivity contribution in [2.45, 2.75) is 31.2 Å². The Morgan fingerprint density at radius 1 is 1.23 bits per heavy atom. The molecule has 0 spiro atoms. The number of hydrogen-bond donors (Lipinski definition) is 0. The lowest BCUT2D eigenvalue weighted by molar-refractivity contribution is -0.118. The Morgan fingerprint density at radius 3 is 2.77 bits per heavy atom. The molecule has 0 unspecified atom stereocenters. The summed E-state index contributed by atoms with van der Waals surface area (Å²) in [5.41, 5.74) is 1.01. The number of rotatable bonds is 10. The van der Waals surface area contributed by atoms with Gasteiger partial charge in [-0.1, -0.05) is 11.3 Å². The maximum Gasteiger partial charge on any atom is 0.248 e. The number of carbonyl (C=O) groups is 1. The third-order valence-electron chi connectivity index (χ3n) is 4.32. The van der Waals surface area contributed by atoms with Crippen molar-refractivity contribution in [3.05, 3.63) is 53.1 Å². The van der Waals surface area contributed by atoms with E-state index in [0.717, 1.165) is 26.6 Å². The molecule has 0 saturated carbocycles. The van der Waals surface area contributed by atoms with Crippen molar-refractivity contribution in [2.24, 2.45) is 4.99 Å². The number of thiazole rings is 1. The first-order valence-electron chi connectivity index (χ1n) is 9.81. The third kappa shape index (κ3) is 6.17. The summed E-state index contributed by atoms with van der Waals surface area (Å²) in [6, 6.07) is 12.3. The van der Waals surface area contributed by atoms with Gasteiger partial charge in [-0.25, -0.2) is 4.39 Å². The smallest absolute Gasteiger partial charge is 0.248 e. The Kier molecular flexibility index (Phi) is 8.48. The molecule has 0 bridgehead atoms. The first-order chi connectivity index (χ1) is 14.6. The van der Waals surface area contributed by atoms with E-state index < -0.39 is 0 Å². The van der Waals surface area contributed by atoms with Crippen LogP contribution in [0.4, 0.5) is 4.39 Å². The highest BCUT2D eigenvalue weighted by atomic mass is 32.2. The molecular weight excluding hydrogens is 423 g/mol. The zero-order valence-electron chi connectivity index (χ0n) is 17.1. The predicted molar refractivity (Wildman–Crippen MR) is 120 cm³/mol. The van der Waals surface area contributed by atoms with Crippen LogP contribution in [-0.2, 0) is 16.1 Å². The first kappa shape index (κ1) is 22.5. The van der Waals surface area contributed by atoms with E-state index in [1.54, 1.807) is 31.0 Å². The van der Waals surface area contributed by atoms with E-state index in [2.05, 4.69) is 4.99 Å². The zero-order chi connectivity index (χ0) is 21.3. The van der Waals surface area contributed by atoms with Crippen molar-refractivity contribution < 1.29 is 18.7 Å². The van der Waals surface area contributed by atoms with Crippen LogP contribution in [0.1, 0.15) is 19.8 Å². The average molecular weight is 449 g/mol. The molecule has 0 fully saturated rings. The number of methoxy groups -OCH3 is 1. The number of thioether (sulfide) groups is 1. The number of halogens is 1. The Bertz CT molecular complexity index is 1040. The highest BCUT2D eigenvalue weighted by Crippen LogP contribution is 2.24. The van der Waals surface area contributed by atoms with Gasteiger partial charge in [-0.3, -0.25) is 4.79 Å². The van der Waals surface area contributed by atoms with Crippen molar-refractivity contribution in [1.82, 2.24) is 4.57 Å². The number of carbonyl (C=O) groups excluding carboxylic acids is 1. The van der Waals surface area contributed by atoms with Crippen LogP contribution in [0, 0.1) is 5.82 Å². The lowest BCUT2D eigenvalue weighted by Crippen LogP contribution is -2.19. The monoisotopic (exact) mass is 448 g/mol. The Morgan fingerprint density at radius 2 is 2.03 bits per heavy atom. The van der Waals surface area contributed by atoms with Crippen LogP contribution in [0.3, 0.4) is 0 Å². The van der Waals surface area contributed by atoms with Crippen molar-refractivity contribution in [2.75, 3.05) is 26.1 Å². The van der Waals surface area contributed by atoms with Gasteiger partial charge in [-0.15, -0.1) is 11.8 Å². The van der Waals surface area contributed by atoms with Crippen molar-refractivity contribution in [3.8, 4) is 5.75 Å². The van der Waals surface area contributed by atoms with Crippen molar-refractivity contribution in [1.29, 1.82) is 0 Å². The number of ether oxygens (including phenoxy) is 2. The molecule has 0 radical (unpaired) electrons. The van der Waals surface area contributed by atoms with Gasteiger partial charge in [-0.05, 0) is 61.6 Å². The lowest BCUT2D eigenvalue weighted by Gasteiger charge is -2.06. The van der Waals surface area contributed by atoms with Gasteiger partial charge in [-0.2, -0.15) is 4.99 Å². The molecule has 0 aliphatic rings. The zero-order valence-corrected chi connectivity index (χ0v) is 18.7. The summed E-state index contributed by atoms with van der Waals surface area (Å²) in [6.45, 7) is 3.71. The molecule has 160 valence electrons. The van der Waals surface area contributed by atoms with Gasteiger partial charge in [0.15, 0.2) is 4.80 Å². The molecule has 0 atom stereocenters. The Labute approximate surface area is 183 Å². The Hall–Kier alpha value is -2.16. The summed E-state index contributed by atoms with van der Waals surface area (Å²) < 4.78 is 26.8. The summed E-state index contributed by atoms with van der Waals surface area (Å²) in [6.07, 6.45) is 1.08. The van der Waals surface area contributed by atoms with Crippen molar-refractivity contribution in [3.63, 3.8) is 0 Å². The van der Waals surface area contributed by atoms with E-state index in [9.17, 15) is 9.18 Å². The van der Waals surface area contributed by atoms with E-state index in [4.69, 9.17) is 9.47 Å². The standard InChI is InChI=1S/C22H25FN2O3S2/c1-3-28-17-8-11-19-20(15-17)30-22(25(19)12-13-27-2)24-21(26)5-4-14-29-18-9-6-16(23)7-10-18/h6-11,15H,3-5,12-14H2,1-2H3. The summed E-state index contributed by atoms with van der Waals surface area (Å²) in [7, 11) is 1.66. The SMILES string of the molecule is CCOc1ccc2c(c1)sc(=NC(=O)CCCSc1ccc(F)cc1)n2CCOC. The van der Waals surface area contributed by atoms with Gasteiger partial charge in [0.25, 0.3) is 0 Å². The molecule has 0 N–H and O–H groups in total. The minimum Gasteiger partial charge on any atom is -0.494 e. The second kappa shape index (κ2) is 11.3. The van der Waals surface area contributed by atoms with Crippen LogP contribution in [0.25, 0.3) is 10.2 Å². The minimum absolute atomic E-state index is 0.141. The minimum atomic E-state index is -0.244. The first-order valence-corrected chi connectivity index (χ1v) is 11.6. The molecule has 5 nitrogen and oxygen atoms in total. The molecule has 3 rings (SSSR count). The summed E-state index contributed by atoms with van der Waals surface area (Å²) in [5, 5.41) is 0. The second-order valence-corrected chi connectivity index (χ2v) is 8.68. The van der Waals surface area contributed by atoms with E-state index in [0.29, 0.717) is 37.4 Å². The summed E-state index contributed by atoms with van der Waals surface area (Å²) >= 11 is 3.09. The number of hydrogen-bond acceptors (Lipinski definition) is 5. The van der Waals surface area contributed by atoms with Gasteiger partial charge in [0.2, 0.25) is 5.91 Å². The van der Waals surface area contributed by atoms with Crippen LogP contribution >= 0.6 is 23.1 Å². The van der Waals surface area contributed by atoms with Crippen molar-refractivity contribution >= 4 is 39.2 Å². The van der Waals surface area contributed by atoms with Gasteiger partial charge >= 0.3 is 0 Å². The summed E-state index contributed by atoms with van der Waals surface area (Å²) in [4.78, 5) is 18.5. The highest BCUT2D eigenvalue weighted by molar-refractivity contribution is 7.99. The highest BCUT2D eigenvalue weighted by Gasteiger charge is 2.09. The molecule has 1 aromatic heterocycles. The number of fused-ring (bicyclic) bond motifs is 1. The van der Waals surface area contributed by atoms with Crippen LogP contribution < -0.4 is 9.54 Å². The molecule has 1 heterocycles. The largest absolute Gasteiger partial charge is 0.494 e. The van der Waals surface area contributed by atoms with Gasteiger partial charge < -0.3 is 14.0 Å². The van der Waals surface area contributed by atoms with Gasteiger partial charge in [0.05, 0.1) is 23.4 Å². The quantitative estimate of drug-likeness (QED) is 0.327. The van der Waals surface area contributed by atoms with E-state index >= 15 is 0 Å². The average Bonchev–Trinajstić information content (AvgIpc) is 3.07. The fourth-order valence-electron chi connectivity index (χ4n) is 2.90. The molecule has 0 aliphatic heterocycles. The second-order valence-electron chi connectivity index (χ2n) is 6.50. The van der Waals surface area contributed by atoms with E-state index in [1.165, 1.54) is 23.5 Å². The molecule has 8 heteroatoms.